The summed E-state index contributed by atoms with van der Waals surface area (Å²) in [6, 6.07) is 0. The minimum Gasteiger partial charge on any atom is -0.306 e. The lowest BCUT2D eigenvalue weighted by Crippen LogP contribution is -2.29. The van der Waals surface area contributed by atoms with Gasteiger partial charge in [0.05, 0.1) is 0 Å². The number of piperidine rings is 1. The highest BCUT2D eigenvalue weighted by Gasteiger charge is 2.13. The minimum atomic E-state index is 1.03. The second-order valence-corrected chi connectivity index (χ2v) is 4.15. The number of unbranched alkanes of at least 4 members (excludes halogenated alkanes) is 1. The van der Waals surface area contributed by atoms with E-state index in [1.54, 1.807) is 0 Å². The maximum Gasteiger partial charge on any atom is -0.00191 e. The molecule has 0 radical (unpaired) electrons. The van der Waals surface area contributed by atoms with Crippen LogP contribution in [0.1, 0.15) is 52.9 Å². The van der Waals surface area contributed by atoms with E-state index in [4.69, 9.17) is 0 Å². The molecule has 1 aliphatic rings. The first-order chi connectivity index (χ1) is 6.24. The molecule has 80 valence electrons. The Balaban J connectivity index is 0.000000310. The molecule has 1 saturated heterocycles. The molecule has 1 rings (SSSR count). The summed E-state index contributed by atoms with van der Waals surface area (Å²) < 4.78 is 0. The molecule has 1 fully saturated rings. The third-order valence-corrected chi connectivity index (χ3v) is 2.92. The molecule has 13 heavy (non-hydrogen) atoms. The SMILES string of the molecule is CCC1CCN(C)CC1.CCCC. The van der Waals surface area contributed by atoms with Crippen molar-refractivity contribution >= 4 is 0 Å². The first-order valence-electron chi connectivity index (χ1n) is 5.93. The van der Waals surface area contributed by atoms with Gasteiger partial charge in [0.25, 0.3) is 0 Å². The topological polar surface area (TPSA) is 3.24 Å². The molecule has 0 saturated carbocycles. The summed E-state index contributed by atoms with van der Waals surface area (Å²) in [7, 11) is 2.21. The van der Waals surface area contributed by atoms with Crippen LogP contribution in [0.15, 0.2) is 0 Å². The predicted octanol–water partition coefficient (Wildman–Crippen LogP) is 3.54. The molecule has 0 bridgehead atoms. The lowest BCUT2D eigenvalue weighted by atomic mass is 9.95. The Labute approximate surface area is 84.5 Å². The molecule has 0 unspecified atom stereocenters. The lowest BCUT2D eigenvalue weighted by Gasteiger charge is -2.27. The largest absolute Gasteiger partial charge is 0.306 e. The summed E-state index contributed by atoms with van der Waals surface area (Å²) >= 11 is 0. The van der Waals surface area contributed by atoms with E-state index < -0.39 is 0 Å². The van der Waals surface area contributed by atoms with Crippen molar-refractivity contribution in [2.75, 3.05) is 20.1 Å². The highest BCUT2D eigenvalue weighted by Crippen LogP contribution is 2.18. The van der Waals surface area contributed by atoms with E-state index in [0.29, 0.717) is 0 Å². The van der Waals surface area contributed by atoms with Gasteiger partial charge in [0.2, 0.25) is 0 Å². The van der Waals surface area contributed by atoms with Gasteiger partial charge in [-0.1, -0.05) is 40.0 Å². The van der Waals surface area contributed by atoms with E-state index in [2.05, 4.69) is 32.7 Å². The monoisotopic (exact) mass is 185 g/mol. The Morgan fingerprint density at radius 3 is 1.77 bits per heavy atom. The normalized spacial score (nSPS) is 19.4. The van der Waals surface area contributed by atoms with Crippen LogP contribution in [0, 0.1) is 5.92 Å². The number of hydrogen-bond acceptors (Lipinski definition) is 1. The van der Waals surface area contributed by atoms with Crippen molar-refractivity contribution < 1.29 is 0 Å². The van der Waals surface area contributed by atoms with Crippen LogP contribution in [0.3, 0.4) is 0 Å². The van der Waals surface area contributed by atoms with Crippen molar-refractivity contribution in [1.82, 2.24) is 4.90 Å². The Morgan fingerprint density at radius 1 is 1.00 bits per heavy atom. The van der Waals surface area contributed by atoms with Gasteiger partial charge in [-0.3, -0.25) is 0 Å². The van der Waals surface area contributed by atoms with Crippen molar-refractivity contribution in [2.45, 2.75) is 52.9 Å². The van der Waals surface area contributed by atoms with Crippen molar-refractivity contribution in [1.29, 1.82) is 0 Å². The van der Waals surface area contributed by atoms with E-state index in [0.717, 1.165) is 5.92 Å². The average molecular weight is 185 g/mol. The summed E-state index contributed by atoms with van der Waals surface area (Å²) in [4.78, 5) is 2.42. The molecular weight excluding hydrogens is 158 g/mol. The molecule has 0 amide bonds. The average Bonchev–Trinajstić information content (AvgIpc) is 2.19. The zero-order chi connectivity index (χ0) is 10.1. The Morgan fingerprint density at radius 2 is 1.46 bits per heavy atom. The van der Waals surface area contributed by atoms with Crippen LogP contribution >= 0.6 is 0 Å². The second kappa shape index (κ2) is 8.55. The number of likely N-dealkylation sites (tertiary alicyclic amines) is 1. The van der Waals surface area contributed by atoms with Gasteiger partial charge < -0.3 is 4.90 Å². The van der Waals surface area contributed by atoms with Gasteiger partial charge in [0.1, 0.15) is 0 Å². The summed E-state index contributed by atoms with van der Waals surface area (Å²) in [5.74, 6) is 1.03. The Kier molecular flexibility index (Phi) is 8.53. The molecule has 0 atom stereocenters. The maximum absolute atomic E-state index is 2.42. The van der Waals surface area contributed by atoms with Gasteiger partial charge in [0.15, 0.2) is 0 Å². The van der Waals surface area contributed by atoms with Crippen LogP contribution in [-0.4, -0.2) is 25.0 Å². The minimum absolute atomic E-state index is 1.03. The van der Waals surface area contributed by atoms with Crippen LogP contribution in [0.5, 0.6) is 0 Å². The van der Waals surface area contributed by atoms with Crippen LogP contribution in [0.4, 0.5) is 0 Å². The maximum atomic E-state index is 2.42. The first kappa shape index (κ1) is 13.0. The summed E-state index contributed by atoms with van der Waals surface area (Å²) in [6.07, 6.45) is 6.87. The lowest BCUT2D eigenvalue weighted by molar-refractivity contribution is 0.216. The fourth-order valence-electron chi connectivity index (χ4n) is 1.47. The fraction of sp³-hybridized carbons (Fsp3) is 1.00. The molecule has 0 spiro atoms. The van der Waals surface area contributed by atoms with Crippen molar-refractivity contribution in [3.8, 4) is 0 Å². The molecule has 0 aromatic carbocycles. The van der Waals surface area contributed by atoms with E-state index in [1.807, 2.05) is 0 Å². The van der Waals surface area contributed by atoms with Crippen LogP contribution in [0.2, 0.25) is 0 Å². The smallest absolute Gasteiger partial charge is 0.00191 e. The van der Waals surface area contributed by atoms with Crippen molar-refractivity contribution in [3.05, 3.63) is 0 Å². The molecule has 0 aliphatic carbocycles. The Hall–Kier alpha value is -0.0400. The summed E-state index contributed by atoms with van der Waals surface area (Å²) in [6.45, 7) is 9.30. The van der Waals surface area contributed by atoms with E-state index >= 15 is 0 Å². The molecule has 1 nitrogen and oxygen atoms in total. The Bertz CT molecular complexity index is 91.3. The van der Waals surface area contributed by atoms with Gasteiger partial charge in [-0.05, 0) is 38.9 Å². The quantitative estimate of drug-likeness (QED) is 0.636. The van der Waals surface area contributed by atoms with Gasteiger partial charge in [0, 0.05) is 0 Å². The van der Waals surface area contributed by atoms with Gasteiger partial charge in [-0.15, -0.1) is 0 Å². The van der Waals surface area contributed by atoms with E-state index in [1.165, 1.54) is 45.2 Å². The van der Waals surface area contributed by atoms with Crippen LogP contribution in [-0.2, 0) is 0 Å². The molecule has 1 aliphatic heterocycles. The third-order valence-electron chi connectivity index (χ3n) is 2.92. The summed E-state index contributed by atoms with van der Waals surface area (Å²) in [5, 5.41) is 0. The second-order valence-electron chi connectivity index (χ2n) is 4.15. The zero-order valence-corrected chi connectivity index (χ0v) is 9.97. The third kappa shape index (κ3) is 7.06. The highest BCUT2D eigenvalue weighted by atomic mass is 15.1. The van der Waals surface area contributed by atoms with Crippen LogP contribution in [0.25, 0.3) is 0 Å². The standard InChI is InChI=1S/C8H17N.C4H10/c1-3-8-4-6-9(2)7-5-8;1-3-4-2/h8H,3-7H2,1-2H3;3-4H2,1-2H3. The van der Waals surface area contributed by atoms with Gasteiger partial charge in [-0.2, -0.15) is 0 Å². The van der Waals surface area contributed by atoms with Crippen molar-refractivity contribution in [3.63, 3.8) is 0 Å². The first-order valence-corrected chi connectivity index (χ1v) is 5.93. The zero-order valence-electron chi connectivity index (χ0n) is 9.97. The predicted molar refractivity (Wildman–Crippen MR) is 61.1 cm³/mol. The molecule has 0 aromatic heterocycles. The molecular formula is C12H27N. The van der Waals surface area contributed by atoms with Crippen molar-refractivity contribution in [2.24, 2.45) is 5.92 Å². The van der Waals surface area contributed by atoms with E-state index in [-0.39, 0.29) is 0 Å². The van der Waals surface area contributed by atoms with Crippen LogP contribution < -0.4 is 0 Å². The number of hydrogen-bond donors (Lipinski definition) is 0. The molecule has 1 heteroatoms. The van der Waals surface area contributed by atoms with Gasteiger partial charge in [-0.25, -0.2) is 0 Å². The highest BCUT2D eigenvalue weighted by molar-refractivity contribution is 4.67. The molecule has 0 aromatic rings. The molecule has 1 heterocycles. The number of nitrogens with zero attached hydrogens (tertiary/aromatic N) is 1. The summed E-state index contributed by atoms with van der Waals surface area (Å²) in [5.41, 5.74) is 0. The number of rotatable bonds is 2. The van der Waals surface area contributed by atoms with E-state index in [9.17, 15) is 0 Å². The molecule has 0 N–H and O–H groups in total. The fourth-order valence-corrected chi connectivity index (χ4v) is 1.47. The van der Waals surface area contributed by atoms with Gasteiger partial charge >= 0.3 is 0 Å².